The third kappa shape index (κ3) is 10.0. The third-order valence-corrected chi connectivity index (χ3v) is 5.58. The molecule has 0 saturated heterocycles. The molecule has 1 aromatic rings. The van der Waals surface area contributed by atoms with Gasteiger partial charge in [0.2, 0.25) is 15.9 Å². The molecular weight excluding hydrogens is 408 g/mol. The van der Waals surface area contributed by atoms with E-state index in [0.29, 0.717) is 13.0 Å². The summed E-state index contributed by atoms with van der Waals surface area (Å²) in [5, 5.41) is 12.7. The molecule has 1 aromatic carbocycles. The molecule has 0 radical (unpaired) electrons. The van der Waals surface area contributed by atoms with Crippen LogP contribution in [0.15, 0.2) is 29.2 Å². The van der Waals surface area contributed by atoms with Gasteiger partial charge in [-0.1, -0.05) is 36.9 Å². The smallest absolute Gasteiger partial charge is 0.305 e. The molecule has 0 aliphatic carbocycles. The number of rotatable bonds is 13. The second-order valence-electron chi connectivity index (χ2n) is 6.24. The fraction of sp³-hybridized carbons (Fsp3) is 0.556. The quantitative estimate of drug-likeness (QED) is 0.248. The Morgan fingerprint density at radius 1 is 1.18 bits per heavy atom. The summed E-state index contributed by atoms with van der Waals surface area (Å²) in [6.45, 7) is 0.434. The molecule has 158 valence electrons. The average Bonchev–Trinajstić information content (AvgIpc) is 2.63. The maximum atomic E-state index is 12.1. The number of methoxy groups -OCH3 is 1. The molecule has 8 nitrogen and oxygen atoms in total. The molecule has 0 aromatic heterocycles. The number of esters is 1. The fourth-order valence-electron chi connectivity index (χ4n) is 2.43. The Kier molecular flexibility index (Phi) is 11.1. The third-order valence-electron chi connectivity index (χ3n) is 3.88. The van der Waals surface area contributed by atoms with Gasteiger partial charge in [-0.25, -0.2) is 8.42 Å². The number of aliphatic hydroxyl groups excluding tert-OH is 1. The Morgan fingerprint density at radius 3 is 2.54 bits per heavy atom. The van der Waals surface area contributed by atoms with E-state index in [4.69, 9.17) is 11.6 Å². The van der Waals surface area contributed by atoms with Gasteiger partial charge in [0.1, 0.15) is 6.23 Å². The molecule has 0 heterocycles. The van der Waals surface area contributed by atoms with Crippen LogP contribution in [0, 0.1) is 0 Å². The van der Waals surface area contributed by atoms with Crippen molar-refractivity contribution in [2.45, 2.75) is 56.1 Å². The number of carbonyl (C=O) groups is 2. The van der Waals surface area contributed by atoms with Crippen LogP contribution in [0.5, 0.6) is 0 Å². The van der Waals surface area contributed by atoms with Crippen LogP contribution in [0.3, 0.4) is 0 Å². The van der Waals surface area contributed by atoms with Crippen molar-refractivity contribution in [1.82, 2.24) is 10.0 Å². The summed E-state index contributed by atoms with van der Waals surface area (Å²) in [7, 11) is -2.61. The number of ether oxygens (including phenoxy) is 1. The molecule has 1 amide bonds. The molecular formula is C18H27ClN2O6S. The number of aliphatic hydroxyl groups is 1. The van der Waals surface area contributed by atoms with Gasteiger partial charge >= 0.3 is 5.97 Å². The van der Waals surface area contributed by atoms with Crippen molar-refractivity contribution in [1.29, 1.82) is 0 Å². The first-order chi connectivity index (χ1) is 13.2. The largest absolute Gasteiger partial charge is 0.469 e. The first kappa shape index (κ1) is 24.4. The van der Waals surface area contributed by atoms with Crippen LogP contribution in [0.4, 0.5) is 0 Å². The number of sulfonamides is 1. The lowest BCUT2D eigenvalue weighted by molar-refractivity contribution is -0.140. The molecule has 1 unspecified atom stereocenters. The Labute approximate surface area is 170 Å². The number of unbranched alkanes of at least 4 members (excludes halogenated alkanes) is 4. The highest BCUT2D eigenvalue weighted by Crippen LogP contribution is 2.15. The lowest BCUT2D eigenvalue weighted by Gasteiger charge is -2.13. The molecule has 0 fully saturated rings. The predicted molar refractivity (Wildman–Crippen MR) is 105 cm³/mol. The molecule has 0 bridgehead atoms. The van der Waals surface area contributed by atoms with Crippen LogP contribution >= 0.6 is 11.6 Å². The van der Waals surface area contributed by atoms with Gasteiger partial charge in [0.05, 0.1) is 18.4 Å². The van der Waals surface area contributed by atoms with E-state index in [9.17, 15) is 23.1 Å². The van der Waals surface area contributed by atoms with E-state index in [2.05, 4.69) is 10.1 Å². The summed E-state index contributed by atoms with van der Waals surface area (Å²) in [4.78, 5) is 22.7. The molecule has 10 heteroatoms. The number of hydrogen-bond donors (Lipinski definition) is 3. The average molecular weight is 435 g/mol. The van der Waals surface area contributed by atoms with E-state index in [-0.39, 0.29) is 22.3 Å². The van der Waals surface area contributed by atoms with Crippen molar-refractivity contribution in [3.63, 3.8) is 0 Å². The van der Waals surface area contributed by atoms with E-state index in [0.717, 1.165) is 32.1 Å². The lowest BCUT2D eigenvalue weighted by atomic mass is 10.1. The Balaban J connectivity index is 2.20. The van der Waals surface area contributed by atoms with Gasteiger partial charge < -0.3 is 15.2 Å². The molecule has 0 saturated carbocycles. The van der Waals surface area contributed by atoms with Crippen molar-refractivity contribution in [2.24, 2.45) is 0 Å². The predicted octanol–water partition coefficient (Wildman–Crippen LogP) is 1.96. The van der Waals surface area contributed by atoms with E-state index >= 15 is 0 Å². The minimum Gasteiger partial charge on any atom is -0.469 e. The van der Waals surface area contributed by atoms with Crippen molar-refractivity contribution < 1.29 is 27.9 Å². The van der Waals surface area contributed by atoms with E-state index in [1.807, 2.05) is 4.72 Å². The highest BCUT2D eigenvalue weighted by atomic mass is 35.5. The van der Waals surface area contributed by atoms with Gasteiger partial charge in [0, 0.05) is 18.0 Å². The van der Waals surface area contributed by atoms with Crippen LogP contribution in [-0.2, 0) is 24.3 Å². The standard InChI is InChI=1S/C18H27ClN2O6S/c1-27-18(24)10-5-3-2-4-6-11-20-16(22)13-17(23)21-28(25,26)15-9-7-8-14(19)12-15/h7-9,12,17,21,23H,2-6,10-11,13H2,1H3,(H,20,22). The number of carbonyl (C=O) groups excluding carboxylic acids is 2. The molecule has 1 rings (SSSR count). The Morgan fingerprint density at radius 2 is 1.86 bits per heavy atom. The summed E-state index contributed by atoms with van der Waals surface area (Å²) in [6, 6.07) is 5.60. The Hall–Kier alpha value is -1.68. The zero-order chi connectivity index (χ0) is 21.0. The van der Waals surface area contributed by atoms with Gasteiger partial charge in [-0.05, 0) is 31.0 Å². The molecule has 3 N–H and O–H groups in total. The molecule has 0 spiro atoms. The van der Waals surface area contributed by atoms with Crippen molar-refractivity contribution in [2.75, 3.05) is 13.7 Å². The molecule has 0 aliphatic heterocycles. The number of hydrogen-bond acceptors (Lipinski definition) is 6. The van der Waals surface area contributed by atoms with Crippen LogP contribution < -0.4 is 10.0 Å². The number of benzene rings is 1. The fourth-order valence-corrected chi connectivity index (χ4v) is 3.80. The first-order valence-corrected chi connectivity index (χ1v) is 10.9. The van der Waals surface area contributed by atoms with E-state index in [1.165, 1.54) is 31.4 Å². The zero-order valence-electron chi connectivity index (χ0n) is 15.8. The molecule has 1 atom stereocenters. The summed E-state index contributed by atoms with van der Waals surface area (Å²) in [5.74, 6) is -0.663. The van der Waals surface area contributed by atoms with E-state index in [1.54, 1.807) is 0 Å². The van der Waals surface area contributed by atoms with Crippen LogP contribution in [0.1, 0.15) is 44.9 Å². The van der Waals surface area contributed by atoms with E-state index < -0.39 is 22.2 Å². The summed E-state index contributed by atoms with van der Waals surface area (Å²) < 4.78 is 30.9. The highest BCUT2D eigenvalue weighted by Gasteiger charge is 2.20. The normalized spacial score (nSPS) is 12.4. The van der Waals surface area contributed by atoms with Gasteiger partial charge in [0.25, 0.3) is 0 Å². The summed E-state index contributed by atoms with van der Waals surface area (Å²) >= 11 is 5.76. The topological polar surface area (TPSA) is 122 Å². The maximum Gasteiger partial charge on any atom is 0.305 e. The highest BCUT2D eigenvalue weighted by molar-refractivity contribution is 7.89. The lowest BCUT2D eigenvalue weighted by Crippen LogP contribution is -2.39. The second-order valence-corrected chi connectivity index (χ2v) is 8.39. The van der Waals surface area contributed by atoms with Gasteiger partial charge in [0.15, 0.2) is 0 Å². The van der Waals surface area contributed by atoms with Crippen LogP contribution in [0.2, 0.25) is 5.02 Å². The number of amides is 1. The summed E-state index contributed by atoms with van der Waals surface area (Å²) in [5.41, 5.74) is 0. The van der Waals surface area contributed by atoms with Crippen LogP contribution in [-0.4, -0.2) is 45.3 Å². The van der Waals surface area contributed by atoms with Crippen molar-refractivity contribution in [3.8, 4) is 0 Å². The minimum atomic E-state index is -3.97. The SMILES string of the molecule is COC(=O)CCCCCCCNC(=O)CC(O)NS(=O)(=O)c1cccc(Cl)c1. The minimum absolute atomic E-state index is 0.0911. The first-order valence-electron chi connectivity index (χ1n) is 9.04. The molecule has 0 aliphatic rings. The monoisotopic (exact) mass is 434 g/mol. The maximum absolute atomic E-state index is 12.1. The second kappa shape index (κ2) is 12.7. The summed E-state index contributed by atoms with van der Waals surface area (Å²) in [6.07, 6.45) is 2.76. The number of nitrogens with one attached hydrogen (secondary N) is 2. The van der Waals surface area contributed by atoms with Gasteiger partial charge in [-0.2, -0.15) is 4.72 Å². The molecule has 28 heavy (non-hydrogen) atoms. The van der Waals surface area contributed by atoms with Gasteiger partial charge in [-0.3, -0.25) is 9.59 Å². The van der Waals surface area contributed by atoms with Crippen molar-refractivity contribution >= 4 is 33.5 Å². The Bertz CT molecular complexity index is 741. The number of halogens is 1. The van der Waals surface area contributed by atoms with Crippen molar-refractivity contribution in [3.05, 3.63) is 29.3 Å². The van der Waals surface area contributed by atoms with Gasteiger partial charge in [-0.15, -0.1) is 0 Å². The zero-order valence-corrected chi connectivity index (χ0v) is 17.4. The van der Waals surface area contributed by atoms with Crippen LogP contribution in [0.25, 0.3) is 0 Å².